The number of nitrogens with two attached hydrogens (primary N) is 1. The van der Waals surface area contributed by atoms with E-state index in [1.54, 1.807) is 6.92 Å². The number of carbonyl (C=O) groups is 1. The predicted octanol–water partition coefficient (Wildman–Crippen LogP) is 0.385. The Morgan fingerprint density at radius 2 is 2.10 bits per heavy atom. The minimum absolute atomic E-state index is 0.151. The van der Waals surface area contributed by atoms with Crippen LogP contribution in [0.2, 0.25) is 0 Å². The van der Waals surface area contributed by atoms with E-state index < -0.39 is 0 Å². The van der Waals surface area contributed by atoms with E-state index in [0.717, 1.165) is 5.71 Å². The summed E-state index contributed by atoms with van der Waals surface area (Å²) in [6.45, 7) is 4.58. The van der Waals surface area contributed by atoms with Gasteiger partial charge in [-0.1, -0.05) is 0 Å². The first-order valence-corrected chi connectivity index (χ1v) is 3.36. The molecular weight excluding hydrogens is 128 g/mol. The molecule has 0 saturated heterocycles. The summed E-state index contributed by atoms with van der Waals surface area (Å²) in [6, 6.07) is 0. The van der Waals surface area contributed by atoms with Crippen LogP contribution in [0.1, 0.15) is 20.3 Å². The van der Waals surface area contributed by atoms with Crippen molar-refractivity contribution in [1.29, 1.82) is 0 Å². The van der Waals surface area contributed by atoms with E-state index in [1.807, 2.05) is 6.92 Å². The van der Waals surface area contributed by atoms with Crippen LogP contribution in [0.15, 0.2) is 4.99 Å². The lowest BCUT2D eigenvalue weighted by atomic mass is 10.2. The number of nitrogens with zero attached hydrogens (tertiary/aromatic N) is 1. The molecule has 0 aliphatic carbocycles. The predicted molar refractivity (Wildman–Crippen MR) is 42.3 cm³/mol. The van der Waals surface area contributed by atoms with Gasteiger partial charge in [-0.3, -0.25) is 9.79 Å². The molecule has 3 heteroatoms. The largest absolute Gasteiger partial charge is 0.329 e. The molecule has 3 nitrogen and oxygen atoms in total. The fraction of sp³-hybridized carbons (Fsp3) is 0.714. The second-order valence-electron chi connectivity index (χ2n) is 2.28. The Morgan fingerprint density at radius 1 is 1.50 bits per heavy atom. The van der Waals surface area contributed by atoms with Gasteiger partial charge in [-0.2, -0.15) is 0 Å². The van der Waals surface area contributed by atoms with Crippen LogP contribution >= 0.6 is 0 Å². The number of Topliss-reactive ketones (excluding diaryl/α,β-unsaturated/α-hetero) is 1. The third-order valence-corrected chi connectivity index (χ3v) is 1.02. The van der Waals surface area contributed by atoms with E-state index in [4.69, 9.17) is 5.73 Å². The molecule has 0 aromatic heterocycles. The lowest BCUT2D eigenvalue weighted by Gasteiger charge is -1.94. The van der Waals surface area contributed by atoms with Gasteiger partial charge in [0.25, 0.3) is 0 Å². The third-order valence-electron chi connectivity index (χ3n) is 1.02. The Labute approximate surface area is 61.3 Å². The standard InChI is InChI=1S/C7H14N2O/c1-6(5-7(2)10)9-4-3-8/h3-5,8H2,1-2H3/b9-6+. The van der Waals surface area contributed by atoms with Crippen LogP contribution in [0.5, 0.6) is 0 Å². The molecule has 0 fully saturated rings. The van der Waals surface area contributed by atoms with Crippen LogP contribution in [0.3, 0.4) is 0 Å². The lowest BCUT2D eigenvalue weighted by Crippen LogP contribution is -2.06. The van der Waals surface area contributed by atoms with Crippen molar-refractivity contribution in [3.8, 4) is 0 Å². The first kappa shape index (κ1) is 9.30. The molecule has 0 bridgehead atoms. The van der Waals surface area contributed by atoms with Crippen LogP contribution in [0.25, 0.3) is 0 Å². The van der Waals surface area contributed by atoms with Crippen molar-refractivity contribution in [2.45, 2.75) is 20.3 Å². The average Bonchev–Trinajstić information content (AvgIpc) is 1.82. The molecule has 0 aliphatic heterocycles. The molecule has 10 heavy (non-hydrogen) atoms. The Hall–Kier alpha value is -0.700. The summed E-state index contributed by atoms with van der Waals surface area (Å²) in [5.74, 6) is 0.151. The van der Waals surface area contributed by atoms with Gasteiger partial charge < -0.3 is 5.73 Å². The number of hydrogen-bond donors (Lipinski definition) is 1. The van der Waals surface area contributed by atoms with Gasteiger partial charge in [0.15, 0.2) is 0 Å². The van der Waals surface area contributed by atoms with E-state index >= 15 is 0 Å². The maximum Gasteiger partial charge on any atom is 0.135 e. The molecule has 2 N–H and O–H groups in total. The van der Waals surface area contributed by atoms with Crippen LogP contribution in [-0.4, -0.2) is 24.6 Å². The molecule has 0 heterocycles. The highest BCUT2D eigenvalue weighted by Crippen LogP contribution is 1.86. The van der Waals surface area contributed by atoms with Crippen molar-refractivity contribution in [2.24, 2.45) is 10.7 Å². The van der Waals surface area contributed by atoms with E-state index in [-0.39, 0.29) is 5.78 Å². The highest BCUT2D eigenvalue weighted by atomic mass is 16.1. The Bertz CT molecular complexity index is 141. The quantitative estimate of drug-likeness (QED) is 0.577. The Balaban J connectivity index is 3.59. The fourth-order valence-corrected chi connectivity index (χ4v) is 0.672. The molecule has 0 aliphatic rings. The van der Waals surface area contributed by atoms with Crippen molar-refractivity contribution in [3.63, 3.8) is 0 Å². The van der Waals surface area contributed by atoms with E-state index in [0.29, 0.717) is 19.5 Å². The summed E-state index contributed by atoms with van der Waals surface area (Å²) in [5, 5.41) is 0. The van der Waals surface area contributed by atoms with Crippen LogP contribution in [0, 0.1) is 0 Å². The molecule has 0 rings (SSSR count). The number of aliphatic imine (C=N–C) groups is 1. The van der Waals surface area contributed by atoms with Gasteiger partial charge in [0.1, 0.15) is 5.78 Å². The van der Waals surface area contributed by atoms with Crippen LogP contribution in [0.4, 0.5) is 0 Å². The molecule has 0 radical (unpaired) electrons. The van der Waals surface area contributed by atoms with Crippen molar-refractivity contribution < 1.29 is 4.79 Å². The summed E-state index contributed by atoms with van der Waals surface area (Å²) in [7, 11) is 0. The third kappa shape index (κ3) is 5.44. The van der Waals surface area contributed by atoms with Crippen molar-refractivity contribution in [3.05, 3.63) is 0 Å². The van der Waals surface area contributed by atoms with Gasteiger partial charge in [-0.05, 0) is 13.8 Å². The summed E-state index contributed by atoms with van der Waals surface area (Å²) in [4.78, 5) is 14.6. The van der Waals surface area contributed by atoms with Gasteiger partial charge in [0, 0.05) is 18.7 Å². The van der Waals surface area contributed by atoms with Gasteiger partial charge in [0.2, 0.25) is 0 Å². The molecule has 0 saturated carbocycles. The maximum atomic E-state index is 10.5. The Morgan fingerprint density at radius 3 is 2.50 bits per heavy atom. The molecule has 58 valence electrons. The van der Waals surface area contributed by atoms with Gasteiger partial charge in [-0.15, -0.1) is 0 Å². The first-order valence-electron chi connectivity index (χ1n) is 3.36. The zero-order valence-electron chi connectivity index (χ0n) is 6.55. The second kappa shape index (κ2) is 5.11. The number of carbonyl (C=O) groups excluding carboxylic acids is 1. The normalized spacial score (nSPS) is 11.7. The topological polar surface area (TPSA) is 55.5 Å². The van der Waals surface area contributed by atoms with E-state index in [9.17, 15) is 4.79 Å². The highest BCUT2D eigenvalue weighted by molar-refractivity contribution is 5.99. The zero-order valence-corrected chi connectivity index (χ0v) is 6.55. The minimum atomic E-state index is 0.151. The maximum absolute atomic E-state index is 10.5. The molecule has 0 atom stereocenters. The highest BCUT2D eigenvalue weighted by Gasteiger charge is 1.94. The Kier molecular flexibility index (Phi) is 4.76. The van der Waals surface area contributed by atoms with E-state index in [1.165, 1.54) is 0 Å². The van der Waals surface area contributed by atoms with Gasteiger partial charge in [0.05, 0.1) is 6.54 Å². The SMILES string of the molecule is CC(=O)C/C(C)=N/CCN. The monoisotopic (exact) mass is 142 g/mol. The molecule has 0 aromatic rings. The summed E-state index contributed by atoms with van der Waals surface area (Å²) < 4.78 is 0. The first-order chi connectivity index (χ1) is 4.66. The molecule has 0 aromatic carbocycles. The summed E-state index contributed by atoms with van der Waals surface area (Å²) in [6.07, 6.45) is 0.458. The lowest BCUT2D eigenvalue weighted by molar-refractivity contribution is -0.115. The molecule has 0 unspecified atom stereocenters. The molecule has 0 spiro atoms. The average molecular weight is 142 g/mol. The van der Waals surface area contributed by atoms with Crippen molar-refractivity contribution in [1.82, 2.24) is 0 Å². The number of rotatable bonds is 4. The molecule has 0 amide bonds. The van der Waals surface area contributed by atoms with Gasteiger partial charge in [-0.25, -0.2) is 0 Å². The summed E-state index contributed by atoms with van der Waals surface area (Å²) >= 11 is 0. The zero-order chi connectivity index (χ0) is 7.98. The summed E-state index contributed by atoms with van der Waals surface area (Å²) in [5.41, 5.74) is 6.09. The number of hydrogen-bond acceptors (Lipinski definition) is 3. The number of ketones is 1. The van der Waals surface area contributed by atoms with Crippen molar-refractivity contribution >= 4 is 11.5 Å². The minimum Gasteiger partial charge on any atom is -0.329 e. The van der Waals surface area contributed by atoms with E-state index in [2.05, 4.69) is 4.99 Å². The smallest absolute Gasteiger partial charge is 0.135 e. The second-order valence-corrected chi connectivity index (χ2v) is 2.28. The van der Waals surface area contributed by atoms with Crippen LogP contribution < -0.4 is 5.73 Å². The fourth-order valence-electron chi connectivity index (χ4n) is 0.672. The van der Waals surface area contributed by atoms with Gasteiger partial charge >= 0.3 is 0 Å². The van der Waals surface area contributed by atoms with Crippen molar-refractivity contribution in [2.75, 3.05) is 13.1 Å². The molecular formula is C7H14N2O. The van der Waals surface area contributed by atoms with Crippen LogP contribution in [-0.2, 0) is 4.79 Å².